The van der Waals surface area contributed by atoms with Crippen LogP contribution in [0.1, 0.15) is 59.8 Å². The third-order valence-electron chi connectivity index (χ3n) is 6.71. The van der Waals surface area contributed by atoms with Gasteiger partial charge in [0.1, 0.15) is 0 Å². The number of ketones is 2. The zero-order chi connectivity index (χ0) is 30.3. The van der Waals surface area contributed by atoms with Crippen molar-refractivity contribution in [1.82, 2.24) is 14.9 Å². The maximum atomic E-state index is 13.4. The first kappa shape index (κ1) is 31.9. The monoisotopic (exact) mass is 571 g/mol. The van der Waals surface area contributed by atoms with Crippen LogP contribution < -0.4 is 10.9 Å². The Morgan fingerprint density at radius 1 is 1.05 bits per heavy atom. The summed E-state index contributed by atoms with van der Waals surface area (Å²) in [5.41, 5.74) is 1.91. The van der Waals surface area contributed by atoms with E-state index < -0.39 is 23.5 Å². The summed E-state index contributed by atoms with van der Waals surface area (Å²) in [6.07, 6.45) is 7.89. The Bertz CT molecular complexity index is 1450. The third-order valence-corrected chi connectivity index (χ3v) is 6.71. The molecule has 0 radical (unpaired) electrons. The smallest absolute Gasteiger partial charge is 0.330 e. The molecule has 0 saturated carbocycles. The van der Waals surface area contributed by atoms with Crippen LogP contribution in [0.25, 0.3) is 0 Å². The molecule has 0 unspecified atom stereocenters. The van der Waals surface area contributed by atoms with Crippen LogP contribution in [0.5, 0.6) is 0 Å². The molecule has 0 spiro atoms. The lowest BCUT2D eigenvalue weighted by Crippen LogP contribution is -2.42. The zero-order valence-corrected chi connectivity index (χ0v) is 24.1. The standard InChI is InChI=1S/C33H37N3O6/c1-3-42-31(39)17-8-7-16-29(35-32(40)27-14-10-20-34-22-27)30(38)21-26-19-18-24(2)36(33(26)41)23-28(37)15-9-13-25-11-5-4-6-12-25/h4-6,8,10-12,14,17-20,22,29H,3,7,9,13,15-16,21,23H2,1-2H3,(H,35,40)/b17-8+/t29-/m0/s1. The van der Waals surface area contributed by atoms with E-state index in [0.717, 1.165) is 12.0 Å². The highest BCUT2D eigenvalue weighted by Gasteiger charge is 2.23. The van der Waals surface area contributed by atoms with E-state index in [2.05, 4.69) is 10.3 Å². The summed E-state index contributed by atoms with van der Waals surface area (Å²) < 4.78 is 6.27. The van der Waals surface area contributed by atoms with Crippen molar-refractivity contribution in [2.45, 2.75) is 65.0 Å². The van der Waals surface area contributed by atoms with Crippen molar-refractivity contribution in [1.29, 1.82) is 0 Å². The van der Waals surface area contributed by atoms with Crippen molar-refractivity contribution >= 4 is 23.4 Å². The van der Waals surface area contributed by atoms with Crippen molar-refractivity contribution < 1.29 is 23.9 Å². The summed E-state index contributed by atoms with van der Waals surface area (Å²) in [7, 11) is 0. The molecule has 0 saturated heterocycles. The Hall–Kier alpha value is -4.66. The Kier molecular flexibility index (Phi) is 12.6. The first-order chi connectivity index (χ1) is 20.3. The third kappa shape index (κ3) is 10.1. The second-order valence-corrected chi connectivity index (χ2v) is 9.91. The lowest BCUT2D eigenvalue weighted by Gasteiger charge is -2.18. The average Bonchev–Trinajstić information content (AvgIpc) is 2.99. The molecular weight excluding hydrogens is 534 g/mol. The summed E-state index contributed by atoms with van der Waals surface area (Å²) in [6, 6.07) is 15.5. The number of carbonyl (C=O) groups is 4. The van der Waals surface area contributed by atoms with E-state index in [0.29, 0.717) is 30.5 Å². The second-order valence-electron chi connectivity index (χ2n) is 9.91. The Morgan fingerprint density at radius 2 is 1.83 bits per heavy atom. The molecule has 2 heterocycles. The van der Waals surface area contributed by atoms with Gasteiger partial charge in [-0.05, 0) is 63.3 Å². The lowest BCUT2D eigenvalue weighted by molar-refractivity contribution is -0.137. The molecule has 9 heteroatoms. The number of hydrogen-bond acceptors (Lipinski definition) is 7. The lowest BCUT2D eigenvalue weighted by atomic mass is 9.99. The zero-order valence-electron chi connectivity index (χ0n) is 24.1. The molecule has 9 nitrogen and oxygen atoms in total. The number of Topliss-reactive ketones (excluding diaryl/α,β-unsaturated/α-hetero) is 2. The quantitative estimate of drug-likeness (QED) is 0.204. The number of allylic oxidation sites excluding steroid dienone is 1. The Morgan fingerprint density at radius 3 is 2.55 bits per heavy atom. The SMILES string of the molecule is CCOC(=O)/C=C/CC[C@H](NC(=O)c1cccnc1)C(=O)Cc1ccc(C)n(CC(=O)CCCc2ccccc2)c1=O. The van der Waals surface area contributed by atoms with Gasteiger partial charge in [0.15, 0.2) is 11.6 Å². The highest BCUT2D eigenvalue weighted by molar-refractivity contribution is 5.98. The van der Waals surface area contributed by atoms with Gasteiger partial charge >= 0.3 is 5.97 Å². The first-order valence-electron chi connectivity index (χ1n) is 14.1. The normalized spacial score (nSPS) is 11.7. The van der Waals surface area contributed by atoms with Gasteiger partial charge in [-0.1, -0.05) is 42.5 Å². The van der Waals surface area contributed by atoms with Gasteiger partial charge in [-0.2, -0.15) is 0 Å². The molecule has 220 valence electrons. The van der Waals surface area contributed by atoms with E-state index in [1.165, 1.54) is 23.0 Å². The number of hydrogen-bond donors (Lipinski definition) is 1. The number of pyridine rings is 2. The van der Waals surface area contributed by atoms with Crippen LogP contribution >= 0.6 is 0 Å². The fourth-order valence-electron chi connectivity index (χ4n) is 4.43. The van der Waals surface area contributed by atoms with Crippen molar-refractivity contribution in [2.24, 2.45) is 0 Å². The molecule has 0 fully saturated rings. The number of nitrogens with zero attached hydrogens (tertiary/aromatic N) is 2. The minimum atomic E-state index is -0.918. The predicted molar refractivity (Wildman–Crippen MR) is 159 cm³/mol. The van der Waals surface area contributed by atoms with Gasteiger partial charge in [0.25, 0.3) is 11.5 Å². The number of carbonyl (C=O) groups excluding carboxylic acids is 4. The maximum Gasteiger partial charge on any atom is 0.330 e. The Balaban J connectivity index is 1.69. The molecule has 1 atom stereocenters. The van der Waals surface area contributed by atoms with Crippen LogP contribution in [0, 0.1) is 6.92 Å². The summed E-state index contributed by atoms with van der Waals surface area (Å²) in [4.78, 5) is 67.8. The van der Waals surface area contributed by atoms with Crippen LogP contribution in [-0.2, 0) is 38.5 Å². The molecule has 1 amide bonds. The highest BCUT2D eigenvalue weighted by Crippen LogP contribution is 2.10. The van der Waals surface area contributed by atoms with E-state index in [9.17, 15) is 24.0 Å². The van der Waals surface area contributed by atoms with Gasteiger partial charge in [0.05, 0.1) is 24.8 Å². The number of esters is 1. The van der Waals surface area contributed by atoms with E-state index >= 15 is 0 Å². The minimum absolute atomic E-state index is 0.0606. The van der Waals surface area contributed by atoms with Crippen molar-refractivity contribution in [3.63, 3.8) is 0 Å². The van der Waals surface area contributed by atoms with Crippen molar-refractivity contribution in [3.8, 4) is 0 Å². The van der Waals surface area contributed by atoms with Crippen LogP contribution in [0.3, 0.4) is 0 Å². The molecule has 0 aliphatic heterocycles. The largest absolute Gasteiger partial charge is 0.463 e. The van der Waals surface area contributed by atoms with Gasteiger partial charge in [0, 0.05) is 42.6 Å². The molecule has 42 heavy (non-hydrogen) atoms. The van der Waals surface area contributed by atoms with Crippen LogP contribution in [0.4, 0.5) is 0 Å². The predicted octanol–water partition coefficient (Wildman–Crippen LogP) is 3.95. The van der Waals surface area contributed by atoms with Crippen molar-refractivity contribution in [2.75, 3.05) is 6.61 Å². The maximum absolute atomic E-state index is 13.4. The number of aromatic nitrogens is 2. The van der Waals surface area contributed by atoms with Crippen LogP contribution in [-0.4, -0.2) is 45.6 Å². The van der Waals surface area contributed by atoms with Gasteiger partial charge in [-0.3, -0.25) is 24.2 Å². The van der Waals surface area contributed by atoms with E-state index in [1.54, 1.807) is 44.2 Å². The Labute approximate surface area is 245 Å². The minimum Gasteiger partial charge on any atom is -0.463 e. The molecule has 0 aliphatic rings. The fraction of sp³-hybridized carbons (Fsp3) is 0.333. The number of benzene rings is 1. The first-order valence-corrected chi connectivity index (χ1v) is 14.1. The molecule has 2 aromatic heterocycles. The number of aryl methyl sites for hydroxylation is 2. The molecule has 1 aromatic carbocycles. The highest BCUT2D eigenvalue weighted by atomic mass is 16.5. The summed E-state index contributed by atoms with van der Waals surface area (Å²) >= 11 is 0. The van der Waals surface area contributed by atoms with Crippen LogP contribution in [0.15, 0.2) is 83.9 Å². The van der Waals surface area contributed by atoms with Gasteiger partial charge in [-0.15, -0.1) is 0 Å². The summed E-state index contributed by atoms with van der Waals surface area (Å²) in [5, 5.41) is 2.74. The molecule has 3 rings (SSSR count). The molecule has 1 N–H and O–H groups in total. The molecule has 0 aliphatic carbocycles. The average molecular weight is 572 g/mol. The summed E-state index contributed by atoms with van der Waals surface area (Å²) in [5.74, 6) is -1.39. The van der Waals surface area contributed by atoms with E-state index in [1.807, 2.05) is 30.3 Å². The number of ether oxygens (including phenoxy) is 1. The topological polar surface area (TPSA) is 124 Å². The molecule has 3 aromatic rings. The van der Waals surface area contributed by atoms with Crippen molar-refractivity contribution in [3.05, 3.63) is 112 Å². The summed E-state index contributed by atoms with van der Waals surface area (Å²) in [6.45, 7) is 3.63. The number of rotatable bonds is 16. The number of amides is 1. The fourth-order valence-corrected chi connectivity index (χ4v) is 4.43. The van der Waals surface area contributed by atoms with E-state index in [-0.39, 0.29) is 43.1 Å². The van der Waals surface area contributed by atoms with E-state index in [4.69, 9.17) is 4.74 Å². The second kappa shape index (κ2) is 16.6. The van der Waals surface area contributed by atoms with Gasteiger partial charge in [0.2, 0.25) is 0 Å². The molecule has 0 bridgehead atoms. The van der Waals surface area contributed by atoms with Gasteiger partial charge < -0.3 is 14.6 Å². The van der Waals surface area contributed by atoms with Crippen LogP contribution in [0.2, 0.25) is 0 Å². The molecular formula is C33H37N3O6. The number of nitrogens with one attached hydrogen (secondary N) is 1. The van der Waals surface area contributed by atoms with Gasteiger partial charge in [-0.25, -0.2) is 4.79 Å².